The van der Waals surface area contributed by atoms with Gasteiger partial charge in [0.25, 0.3) is 0 Å². The summed E-state index contributed by atoms with van der Waals surface area (Å²) in [5.74, 6) is 1.54. The van der Waals surface area contributed by atoms with Crippen molar-refractivity contribution in [1.82, 2.24) is 0 Å². The smallest absolute Gasteiger partial charge is 0.119 e. The van der Waals surface area contributed by atoms with Crippen molar-refractivity contribution in [3.05, 3.63) is 24.3 Å². The van der Waals surface area contributed by atoms with Gasteiger partial charge in [0.05, 0.1) is 17.6 Å². The number of nitrogens with two attached hydrogens (primary N) is 1. The number of ether oxygens (including phenoxy) is 1. The predicted molar refractivity (Wildman–Crippen MR) is 68.4 cm³/mol. The number of hydrogen-bond acceptors (Lipinski definition) is 2. The first kappa shape index (κ1) is 12.6. The summed E-state index contributed by atoms with van der Waals surface area (Å²) in [6.45, 7) is 6.10. The summed E-state index contributed by atoms with van der Waals surface area (Å²) in [5, 5.41) is 0. The molecule has 1 rings (SSSR count). The fraction of sp³-hybridized carbons (Fsp3) is 0.462. The number of hydrogen-bond donors (Lipinski definition) is 1. The van der Waals surface area contributed by atoms with Gasteiger partial charge in [-0.3, -0.25) is 0 Å². The molecule has 0 amide bonds. The van der Waals surface area contributed by atoms with E-state index in [2.05, 4.69) is 11.9 Å². The van der Waals surface area contributed by atoms with E-state index in [1.807, 2.05) is 38.1 Å². The quantitative estimate of drug-likeness (QED) is 0.611. The van der Waals surface area contributed by atoms with Crippen molar-refractivity contribution in [3.8, 4) is 5.75 Å². The van der Waals surface area contributed by atoms with Crippen molar-refractivity contribution < 1.29 is 4.74 Å². The highest BCUT2D eigenvalue weighted by molar-refractivity contribution is 5.83. The van der Waals surface area contributed by atoms with Crippen molar-refractivity contribution in [3.63, 3.8) is 0 Å². The van der Waals surface area contributed by atoms with Gasteiger partial charge >= 0.3 is 0 Å². The SMILES string of the molecule is CCCC(N)=Nc1ccc(OC(C)C)cc1. The molecule has 0 atom stereocenters. The average molecular weight is 220 g/mol. The molecule has 0 aliphatic carbocycles. The molecule has 88 valence electrons. The second-order valence-electron chi connectivity index (χ2n) is 4.01. The highest BCUT2D eigenvalue weighted by Crippen LogP contribution is 2.19. The lowest BCUT2D eigenvalue weighted by molar-refractivity contribution is 0.242. The zero-order valence-electron chi connectivity index (χ0n) is 10.2. The molecule has 0 fully saturated rings. The second-order valence-corrected chi connectivity index (χ2v) is 4.01. The Morgan fingerprint density at radius 3 is 2.44 bits per heavy atom. The first-order chi connectivity index (χ1) is 7.61. The Balaban J connectivity index is 2.67. The number of rotatable bonds is 5. The number of aliphatic imine (C=N–C) groups is 1. The van der Waals surface area contributed by atoms with Gasteiger partial charge in [-0.1, -0.05) is 6.92 Å². The Labute approximate surface area is 97.3 Å². The van der Waals surface area contributed by atoms with E-state index in [0.717, 1.165) is 24.3 Å². The third kappa shape index (κ3) is 4.34. The van der Waals surface area contributed by atoms with Crippen LogP contribution in [0.5, 0.6) is 5.75 Å². The standard InChI is InChI=1S/C13H20N2O/c1-4-5-13(14)15-11-6-8-12(9-7-11)16-10(2)3/h6-10H,4-5H2,1-3H3,(H2,14,15). The van der Waals surface area contributed by atoms with Crippen molar-refractivity contribution in [2.24, 2.45) is 10.7 Å². The van der Waals surface area contributed by atoms with Crippen molar-refractivity contribution in [2.75, 3.05) is 0 Å². The van der Waals surface area contributed by atoms with Crippen LogP contribution in [0.3, 0.4) is 0 Å². The van der Waals surface area contributed by atoms with Gasteiger partial charge in [0.2, 0.25) is 0 Å². The molecule has 16 heavy (non-hydrogen) atoms. The van der Waals surface area contributed by atoms with Crippen LogP contribution in [0.2, 0.25) is 0 Å². The molecule has 0 saturated carbocycles. The van der Waals surface area contributed by atoms with Gasteiger partial charge in [0.1, 0.15) is 5.75 Å². The number of benzene rings is 1. The molecule has 1 aromatic carbocycles. The van der Waals surface area contributed by atoms with Crippen LogP contribution in [-0.2, 0) is 0 Å². The maximum absolute atomic E-state index is 5.75. The summed E-state index contributed by atoms with van der Waals surface area (Å²) in [4.78, 5) is 4.31. The number of amidine groups is 1. The Bertz CT molecular complexity index is 341. The summed E-state index contributed by atoms with van der Waals surface area (Å²) in [7, 11) is 0. The van der Waals surface area contributed by atoms with Crippen LogP contribution in [0.1, 0.15) is 33.6 Å². The summed E-state index contributed by atoms with van der Waals surface area (Å²) < 4.78 is 5.54. The van der Waals surface area contributed by atoms with Crippen molar-refractivity contribution in [2.45, 2.75) is 39.7 Å². The molecule has 0 spiro atoms. The molecule has 0 unspecified atom stereocenters. The molecular formula is C13H20N2O. The topological polar surface area (TPSA) is 47.6 Å². The van der Waals surface area contributed by atoms with Gasteiger partial charge in [-0.2, -0.15) is 0 Å². The van der Waals surface area contributed by atoms with Gasteiger partial charge in [-0.15, -0.1) is 0 Å². The van der Waals surface area contributed by atoms with Crippen LogP contribution in [0.25, 0.3) is 0 Å². The molecule has 0 bridgehead atoms. The lowest BCUT2D eigenvalue weighted by Crippen LogP contribution is -2.09. The van der Waals surface area contributed by atoms with Crippen LogP contribution in [0.15, 0.2) is 29.3 Å². The Hall–Kier alpha value is -1.51. The Morgan fingerprint density at radius 1 is 1.31 bits per heavy atom. The lowest BCUT2D eigenvalue weighted by atomic mass is 10.3. The van der Waals surface area contributed by atoms with E-state index in [-0.39, 0.29) is 6.10 Å². The molecule has 3 heteroatoms. The van der Waals surface area contributed by atoms with E-state index in [1.54, 1.807) is 0 Å². The van der Waals surface area contributed by atoms with E-state index >= 15 is 0 Å². The van der Waals surface area contributed by atoms with E-state index in [1.165, 1.54) is 0 Å². The predicted octanol–water partition coefficient (Wildman–Crippen LogP) is 3.26. The Morgan fingerprint density at radius 2 is 1.94 bits per heavy atom. The van der Waals surface area contributed by atoms with Crippen LogP contribution in [0.4, 0.5) is 5.69 Å². The van der Waals surface area contributed by atoms with Crippen LogP contribution >= 0.6 is 0 Å². The van der Waals surface area contributed by atoms with Gasteiger partial charge in [-0.25, -0.2) is 4.99 Å². The molecule has 0 saturated heterocycles. The minimum atomic E-state index is 0.194. The van der Waals surface area contributed by atoms with E-state index in [9.17, 15) is 0 Å². The van der Waals surface area contributed by atoms with Gasteiger partial charge < -0.3 is 10.5 Å². The zero-order valence-corrected chi connectivity index (χ0v) is 10.2. The molecule has 0 heterocycles. The maximum atomic E-state index is 5.75. The lowest BCUT2D eigenvalue weighted by Gasteiger charge is -2.09. The normalized spacial score (nSPS) is 11.9. The monoisotopic (exact) mass is 220 g/mol. The molecule has 0 aliphatic heterocycles. The molecule has 2 N–H and O–H groups in total. The summed E-state index contributed by atoms with van der Waals surface area (Å²) in [6, 6.07) is 7.66. The van der Waals surface area contributed by atoms with E-state index in [0.29, 0.717) is 5.84 Å². The van der Waals surface area contributed by atoms with Crippen LogP contribution < -0.4 is 10.5 Å². The minimum Gasteiger partial charge on any atom is -0.491 e. The van der Waals surface area contributed by atoms with Gasteiger partial charge in [0, 0.05) is 6.42 Å². The molecule has 0 aliphatic rings. The van der Waals surface area contributed by atoms with Crippen molar-refractivity contribution in [1.29, 1.82) is 0 Å². The third-order valence-electron chi connectivity index (χ3n) is 1.99. The van der Waals surface area contributed by atoms with Gasteiger partial charge in [-0.05, 0) is 44.5 Å². The summed E-state index contributed by atoms with van der Waals surface area (Å²) in [5.41, 5.74) is 6.63. The maximum Gasteiger partial charge on any atom is 0.119 e. The average Bonchev–Trinajstić information content (AvgIpc) is 2.20. The van der Waals surface area contributed by atoms with Crippen LogP contribution in [0, 0.1) is 0 Å². The van der Waals surface area contributed by atoms with E-state index in [4.69, 9.17) is 10.5 Å². The fourth-order valence-corrected chi connectivity index (χ4v) is 1.35. The highest BCUT2D eigenvalue weighted by Gasteiger charge is 1.97. The molecular weight excluding hydrogens is 200 g/mol. The first-order valence-electron chi connectivity index (χ1n) is 5.71. The zero-order chi connectivity index (χ0) is 12.0. The summed E-state index contributed by atoms with van der Waals surface area (Å²) in [6.07, 6.45) is 2.05. The Kier molecular flexibility index (Phi) is 4.83. The molecule has 0 radical (unpaired) electrons. The molecule has 0 aromatic heterocycles. The van der Waals surface area contributed by atoms with E-state index < -0.39 is 0 Å². The molecule has 1 aromatic rings. The third-order valence-corrected chi connectivity index (χ3v) is 1.99. The fourth-order valence-electron chi connectivity index (χ4n) is 1.35. The minimum absolute atomic E-state index is 0.194. The highest BCUT2D eigenvalue weighted by atomic mass is 16.5. The molecule has 3 nitrogen and oxygen atoms in total. The largest absolute Gasteiger partial charge is 0.491 e. The second kappa shape index (κ2) is 6.16. The van der Waals surface area contributed by atoms with Crippen LogP contribution in [-0.4, -0.2) is 11.9 Å². The van der Waals surface area contributed by atoms with Gasteiger partial charge in [0.15, 0.2) is 0 Å². The van der Waals surface area contributed by atoms with Crippen molar-refractivity contribution >= 4 is 11.5 Å². The summed E-state index contributed by atoms with van der Waals surface area (Å²) >= 11 is 0. The first-order valence-corrected chi connectivity index (χ1v) is 5.71. The number of nitrogens with zero attached hydrogens (tertiary/aromatic N) is 1.